The summed E-state index contributed by atoms with van der Waals surface area (Å²) in [6.45, 7) is 4.19. The topological polar surface area (TPSA) is 55.8 Å². The van der Waals surface area contributed by atoms with Gasteiger partial charge < -0.3 is 14.6 Å². The molecule has 0 heterocycles. The molecule has 3 aromatic rings. The van der Waals surface area contributed by atoms with Gasteiger partial charge in [0.05, 0.1) is 5.56 Å². The first-order valence-corrected chi connectivity index (χ1v) is 9.98. The van der Waals surface area contributed by atoms with Gasteiger partial charge in [-0.1, -0.05) is 67.6 Å². The lowest BCUT2D eigenvalue weighted by atomic mass is 10.0. The molecule has 0 aliphatic rings. The molecule has 30 heavy (non-hydrogen) atoms. The fourth-order valence-electron chi connectivity index (χ4n) is 3.08. The molecule has 0 saturated carbocycles. The van der Waals surface area contributed by atoms with Gasteiger partial charge in [-0.05, 0) is 36.1 Å². The maximum absolute atomic E-state index is 11.5. The third-order valence-electron chi connectivity index (χ3n) is 4.63. The molecule has 0 fully saturated rings. The van der Waals surface area contributed by atoms with Gasteiger partial charge in [-0.2, -0.15) is 0 Å². The summed E-state index contributed by atoms with van der Waals surface area (Å²) >= 11 is 0. The summed E-state index contributed by atoms with van der Waals surface area (Å²) in [6, 6.07) is 23.3. The maximum atomic E-state index is 11.5. The molecule has 4 heteroatoms. The highest BCUT2D eigenvalue weighted by Gasteiger charge is 2.15. The Morgan fingerprint density at radius 1 is 0.867 bits per heavy atom. The molecule has 3 rings (SSSR count). The van der Waals surface area contributed by atoms with Crippen LogP contribution in [0.4, 0.5) is 0 Å². The molecule has 3 aromatic carbocycles. The van der Waals surface area contributed by atoms with Crippen molar-refractivity contribution >= 4 is 11.5 Å². The van der Waals surface area contributed by atoms with E-state index in [1.165, 1.54) is 13.0 Å². The number of allylic oxidation sites excluding steroid dienone is 1. The van der Waals surface area contributed by atoms with Crippen LogP contribution in [0.2, 0.25) is 0 Å². The van der Waals surface area contributed by atoms with E-state index in [0.717, 1.165) is 16.7 Å². The third-order valence-corrected chi connectivity index (χ3v) is 4.63. The number of aliphatic hydroxyl groups excluding tert-OH is 1. The van der Waals surface area contributed by atoms with Gasteiger partial charge in [-0.25, -0.2) is 0 Å². The third kappa shape index (κ3) is 5.74. The highest BCUT2D eigenvalue weighted by molar-refractivity contribution is 5.94. The first-order chi connectivity index (χ1) is 14.6. The first-order valence-electron chi connectivity index (χ1n) is 9.98. The second-order valence-electron chi connectivity index (χ2n) is 7.00. The van der Waals surface area contributed by atoms with Crippen molar-refractivity contribution in [2.75, 3.05) is 0 Å². The Morgan fingerprint density at radius 2 is 1.40 bits per heavy atom. The van der Waals surface area contributed by atoms with Crippen molar-refractivity contribution < 1.29 is 19.4 Å². The minimum Gasteiger partial charge on any atom is -0.507 e. The maximum Gasteiger partial charge on any atom is 0.156 e. The van der Waals surface area contributed by atoms with E-state index in [2.05, 4.69) is 0 Å². The van der Waals surface area contributed by atoms with Gasteiger partial charge in [0, 0.05) is 12.1 Å². The fourth-order valence-corrected chi connectivity index (χ4v) is 3.08. The molecule has 0 amide bonds. The summed E-state index contributed by atoms with van der Waals surface area (Å²) in [7, 11) is 0. The zero-order valence-corrected chi connectivity index (χ0v) is 17.3. The van der Waals surface area contributed by atoms with E-state index >= 15 is 0 Å². The van der Waals surface area contributed by atoms with Crippen molar-refractivity contribution in [3.8, 4) is 11.5 Å². The van der Waals surface area contributed by atoms with E-state index in [1.54, 1.807) is 6.07 Å². The lowest BCUT2D eigenvalue weighted by Gasteiger charge is -2.17. The van der Waals surface area contributed by atoms with E-state index in [1.807, 2.05) is 73.7 Å². The lowest BCUT2D eigenvalue weighted by Crippen LogP contribution is -2.04. The van der Waals surface area contributed by atoms with Crippen LogP contribution in [0.25, 0.3) is 5.76 Å². The highest BCUT2D eigenvalue weighted by Crippen LogP contribution is 2.34. The molecule has 0 unspecified atom stereocenters. The number of ether oxygens (including phenoxy) is 2. The van der Waals surface area contributed by atoms with Crippen molar-refractivity contribution in [1.29, 1.82) is 0 Å². The van der Waals surface area contributed by atoms with Crippen LogP contribution in [0, 0.1) is 0 Å². The molecule has 1 N–H and O–H groups in total. The van der Waals surface area contributed by atoms with Crippen molar-refractivity contribution in [3.05, 3.63) is 101 Å². The molecule has 0 atom stereocenters. The largest absolute Gasteiger partial charge is 0.507 e. The quantitative estimate of drug-likeness (QED) is 0.358. The van der Waals surface area contributed by atoms with Gasteiger partial charge >= 0.3 is 0 Å². The zero-order valence-electron chi connectivity index (χ0n) is 17.3. The summed E-state index contributed by atoms with van der Waals surface area (Å²) in [5.74, 6) is 0.816. The number of aryl methyl sites for hydroxylation is 1. The average Bonchev–Trinajstić information content (AvgIpc) is 2.77. The molecule has 0 bridgehead atoms. The lowest BCUT2D eigenvalue weighted by molar-refractivity contribution is -0.112. The van der Waals surface area contributed by atoms with Gasteiger partial charge in [-0.15, -0.1) is 0 Å². The molecule has 0 aromatic heterocycles. The summed E-state index contributed by atoms with van der Waals surface area (Å²) in [5, 5.41) is 10.5. The van der Waals surface area contributed by atoms with E-state index in [9.17, 15) is 9.90 Å². The molecular formula is C26H26O4. The number of hydrogen-bond acceptors (Lipinski definition) is 4. The minimum atomic E-state index is -0.232. The van der Waals surface area contributed by atoms with Gasteiger partial charge in [0.2, 0.25) is 0 Å². The Kier molecular flexibility index (Phi) is 7.28. The number of carbonyl (C=O) groups is 1. The second kappa shape index (κ2) is 10.3. The number of ketones is 1. The van der Waals surface area contributed by atoms with Gasteiger partial charge in [-0.3, -0.25) is 4.79 Å². The fraction of sp³-hybridized carbons (Fsp3) is 0.192. The summed E-state index contributed by atoms with van der Waals surface area (Å²) < 4.78 is 12.1. The SMILES string of the molecule is CCc1cc(C(O)=CC(C)=O)c(OCc2ccccc2)cc1OCc1ccccc1. The smallest absolute Gasteiger partial charge is 0.156 e. The number of benzene rings is 3. The standard InChI is InChI=1S/C26H26O4/c1-3-22-15-23(24(28)14-19(2)27)26(30-18-21-12-8-5-9-13-21)16-25(22)29-17-20-10-6-4-7-11-20/h4-16,28H,3,17-18H2,1-2H3. The Morgan fingerprint density at radius 3 is 1.90 bits per heavy atom. The summed E-state index contributed by atoms with van der Waals surface area (Å²) in [6.07, 6.45) is 1.91. The van der Waals surface area contributed by atoms with E-state index in [0.29, 0.717) is 36.7 Å². The van der Waals surface area contributed by atoms with Crippen molar-refractivity contribution in [3.63, 3.8) is 0 Å². The van der Waals surface area contributed by atoms with Gasteiger partial charge in [0.1, 0.15) is 30.5 Å². The first kappa shape index (κ1) is 21.2. The van der Waals surface area contributed by atoms with E-state index < -0.39 is 0 Å². The summed E-state index contributed by atoms with van der Waals surface area (Å²) in [4.78, 5) is 11.5. The number of rotatable bonds is 9. The Balaban J connectivity index is 1.93. The molecule has 0 spiro atoms. The molecule has 154 valence electrons. The molecule has 0 aliphatic heterocycles. The molecular weight excluding hydrogens is 376 g/mol. The number of carbonyl (C=O) groups excluding carboxylic acids is 1. The van der Waals surface area contributed by atoms with E-state index in [-0.39, 0.29) is 11.5 Å². The minimum absolute atomic E-state index is 0.116. The number of hydrogen-bond donors (Lipinski definition) is 1. The normalized spacial score (nSPS) is 11.2. The van der Waals surface area contributed by atoms with Crippen LogP contribution in [0.15, 0.2) is 78.9 Å². The monoisotopic (exact) mass is 402 g/mol. The van der Waals surface area contributed by atoms with Crippen LogP contribution in [-0.2, 0) is 24.4 Å². The summed E-state index contributed by atoms with van der Waals surface area (Å²) in [5.41, 5.74) is 3.47. The van der Waals surface area contributed by atoms with Gasteiger partial charge in [0.15, 0.2) is 5.78 Å². The molecule has 0 saturated heterocycles. The van der Waals surface area contributed by atoms with Crippen molar-refractivity contribution in [2.45, 2.75) is 33.5 Å². The Hall–Kier alpha value is -3.53. The second-order valence-corrected chi connectivity index (χ2v) is 7.00. The van der Waals surface area contributed by atoms with Crippen LogP contribution in [0.1, 0.15) is 36.1 Å². The Bertz CT molecular complexity index is 1010. The molecule has 0 aliphatic carbocycles. The van der Waals surface area contributed by atoms with Crippen LogP contribution in [0.3, 0.4) is 0 Å². The van der Waals surface area contributed by atoms with Crippen LogP contribution in [-0.4, -0.2) is 10.9 Å². The average molecular weight is 402 g/mol. The van der Waals surface area contributed by atoms with E-state index in [4.69, 9.17) is 9.47 Å². The van der Waals surface area contributed by atoms with Crippen molar-refractivity contribution in [2.24, 2.45) is 0 Å². The van der Waals surface area contributed by atoms with Crippen LogP contribution < -0.4 is 9.47 Å². The molecule has 0 radical (unpaired) electrons. The Labute approximate surface area is 177 Å². The predicted molar refractivity (Wildman–Crippen MR) is 119 cm³/mol. The van der Waals surface area contributed by atoms with Gasteiger partial charge in [0.25, 0.3) is 0 Å². The van der Waals surface area contributed by atoms with Crippen LogP contribution >= 0.6 is 0 Å². The number of aliphatic hydroxyl groups is 1. The predicted octanol–water partition coefficient (Wildman–Crippen LogP) is 5.89. The molecule has 4 nitrogen and oxygen atoms in total. The van der Waals surface area contributed by atoms with Crippen LogP contribution in [0.5, 0.6) is 11.5 Å². The highest BCUT2D eigenvalue weighted by atomic mass is 16.5. The zero-order chi connectivity index (χ0) is 21.3. The van der Waals surface area contributed by atoms with Crippen molar-refractivity contribution in [1.82, 2.24) is 0 Å².